The van der Waals surface area contributed by atoms with Gasteiger partial charge in [-0.2, -0.15) is 0 Å². The van der Waals surface area contributed by atoms with Crippen LogP contribution in [0.1, 0.15) is 5.69 Å². The van der Waals surface area contributed by atoms with Crippen molar-refractivity contribution in [2.75, 3.05) is 0 Å². The summed E-state index contributed by atoms with van der Waals surface area (Å²) >= 11 is 0. The monoisotopic (exact) mass is 236 g/mol. The van der Waals surface area contributed by atoms with Crippen LogP contribution in [0.15, 0.2) is 30.5 Å². The molecule has 1 aromatic heterocycles. The Morgan fingerprint density at radius 2 is 2.12 bits per heavy atom. The van der Waals surface area contributed by atoms with Crippen molar-refractivity contribution in [3.05, 3.63) is 52.1 Å². The van der Waals surface area contributed by atoms with Crippen LogP contribution in [-0.2, 0) is 0 Å². The predicted molar refractivity (Wildman–Crippen MR) is 58.7 cm³/mol. The molecule has 17 heavy (non-hydrogen) atoms. The molecule has 0 aliphatic carbocycles. The fourth-order valence-corrected chi connectivity index (χ4v) is 1.35. The molecule has 0 aliphatic rings. The molecule has 0 aliphatic heterocycles. The summed E-state index contributed by atoms with van der Waals surface area (Å²) in [7, 11) is 0. The highest BCUT2D eigenvalue weighted by molar-refractivity contribution is 5.40. The minimum atomic E-state index is -0.764. The van der Waals surface area contributed by atoms with Crippen LogP contribution in [0, 0.1) is 22.9 Å². The van der Waals surface area contributed by atoms with E-state index in [0.717, 1.165) is 11.8 Å². The summed E-state index contributed by atoms with van der Waals surface area (Å²) in [6.45, 7) is 1.78. The molecule has 1 heterocycles. The van der Waals surface area contributed by atoms with Crippen molar-refractivity contribution in [3.8, 4) is 11.5 Å². The highest BCUT2D eigenvalue weighted by Crippen LogP contribution is 2.28. The third-order valence-electron chi connectivity index (χ3n) is 2.25. The second kappa shape index (κ2) is 4.25. The van der Waals surface area contributed by atoms with Gasteiger partial charge in [0.25, 0.3) is 5.69 Å². The number of ether oxygens (including phenoxy) is 1. The van der Waals surface area contributed by atoms with E-state index in [-0.39, 0.29) is 11.4 Å². The molecule has 0 atom stereocenters. The van der Waals surface area contributed by atoms with Crippen LogP contribution < -0.4 is 4.74 Å². The van der Waals surface area contributed by atoms with Crippen molar-refractivity contribution in [1.82, 2.24) is 4.98 Å². The van der Waals surface area contributed by atoms with Crippen molar-refractivity contribution in [1.29, 1.82) is 0 Å². The van der Waals surface area contributed by atoms with Crippen LogP contribution in [0.3, 0.4) is 0 Å². The Hall–Kier alpha value is -2.37. The van der Waals surface area contributed by atoms with Crippen LogP contribution in [0.4, 0.5) is 10.1 Å². The van der Waals surface area contributed by atoms with Gasteiger partial charge < -0.3 is 9.72 Å². The van der Waals surface area contributed by atoms with Gasteiger partial charge in [0.05, 0.1) is 16.7 Å². The second-order valence-electron chi connectivity index (χ2n) is 3.44. The highest BCUT2D eigenvalue weighted by atomic mass is 19.1. The molecule has 5 nitrogen and oxygen atoms in total. The predicted octanol–water partition coefficient (Wildman–Crippen LogP) is 3.16. The quantitative estimate of drug-likeness (QED) is 0.657. The number of H-pyrrole nitrogens is 1. The topological polar surface area (TPSA) is 68.2 Å². The number of aromatic nitrogens is 1. The zero-order valence-electron chi connectivity index (χ0n) is 8.94. The molecule has 2 rings (SSSR count). The highest BCUT2D eigenvalue weighted by Gasteiger charge is 2.13. The van der Waals surface area contributed by atoms with Gasteiger partial charge in [0.2, 0.25) is 0 Å². The summed E-state index contributed by atoms with van der Waals surface area (Å²) in [5.74, 6) is -0.323. The molecule has 1 aromatic carbocycles. The number of aryl methyl sites for hydroxylation is 1. The van der Waals surface area contributed by atoms with E-state index in [1.54, 1.807) is 19.2 Å². The smallest absolute Gasteiger partial charge is 0.272 e. The minimum absolute atomic E-state index is 0.0432. The second-order valence-corrected chi connectivity index (χ2v) is 3.44. The Bertz CT molecular complexity index is 566. The van der Waals surface area contributed by atoms with Crippen LogP contribution in [0.2, 0.25) is 0 Å². The Balaban J connectivity index is 2.29. The van der Waals surface area contributed by atoms with Gasteiger partial charge in [-0.15, -0.1) is 0 Å². The lowest BCUT2D eigenvalue weighted by molar-refractivity contribution is -0.385. The molecule has 0 saturated carbocycles. The average molecular weight is 236 g/mol. The van der Waals surface area contributed by atoms with Gasteiger partial charge in [-0.3, -0.25) is 10.1 Å². The number of nitrogens with one attached hydrogen (secondary N) is 1. The number of benzene rings is 1. The normalized spacial score (nSPS) is 10.2. The van der Waals surface area contributed by atoms with E-state index in [1.807, 2.05) is 0 Å². The molecule has 0 amide bonds. The molecule has 0 saturated heterocycles. The SMILES string of the molecule is Cc1[nH]ccc1Oc1ccc([N+](=O)[O-])cc1F. The number of hydrogen-bond acceptors (Lipinski definition) is 3. The van der Waals surface area contributed by atoms with Crippen molar-refractivity contribution in [3.63, 3.8) is 0 Å². The summed E-state index contributed by atoms with van der Waals surface area (Å²) in [5.41, 5.74) is 0.448. The number of nitrogens with zero attached hydrogens (tertiary/aromatic N) is 1. The van der Waals surface area contributed by atoms with Crippen LogP contribution in [0.25, 0.3) is 0 Å². The van der Waals surface area contributed by atoms with Crippen LogP contribution >= 0.6 is 0 Å². The first-order chi connectivity index (χ1) is 8.08. The average Bonchev–Trinajstić information content (AvgIpc) is 2.67. The fraction of sp³-hybridized carbons (Fsp3) is 0.0909. The number of rotatable bonds is 3. The van der Waals surface area contributed by atoms with E-state index >= 15 is 0 Å². The first-order valence-corrected chi connectivity index (χ1v) is 4.83. The van der Waals surface area contributed by atoms with Gasteiger partial charge in [0.1, 0.15) is 5.75 Å². The van der Waals surface area contributed by atoms with E-state index in [0.29, 0.717) is 5.75 Å². The molecule has 0 spiro atoms. The molecule has 0 unspecified atom stereocenters. The summed E-state index contributed by atoms with van der Waals surface area (Å²) in [6, 6.07) is 4.91. The van der Waals surface area contributed by atoms with Gasteiger partial charge in [0.15, 0.2) is 11.6 Å². The molecular formula is C11H9FN2O3. The zero-order chi connectivity index (χ0) is 12.4. The van der Waals surface area contributed by atoms with Gasteiger partial charge in [0, 0.05) is 12.3 Å². The third-order valence-corrected chi connectivity index (χ3v) is 2.25. The number of nitro benzene ring substituents is 1. The Morgan fingerprint density at radius 3 is 2.65 bits per heavy atom. The fourth-order valence-electron chi connectivity index (χ4n) is 1.35. The maximum absolute atomic E-state index is 13.5. The van der Waals surface area contributed by atoms with E-state index in [2.05, 4.69) is 4.98 Å². The van der Waals surface area contributed by atoms with Crippen molar-refractivity contribution < 1.29 is 14.1 Å². The minimum Gasteiger partial charge on any atom is -0.452 e. The third kappa shape index (κ3) is 2.25. The summed E-state index contributed by atoms with van der Waals surface area (Å²) in [6.07, 6.45) is 1.66. The number of aromatic amines is 1. The maximum atomic E-state index is 13.5. The molecule has 88 valence electrons. The van der Waals surface area contributed by atoms with Crippen LogP contribution in [0.5, 0.6) is 11.5 Å². The van der Waals surface area contributed by atoms with Crippen molar-refractivity contribution in [2.24, 2.45) is 0 Å². The van der Waals surface area contributed by atoms with Gasteiger partial charge in [-0.25, -0.2) is 4.39 Å². The zero-order valence-corrected chi connectivity index (χ0v) is 8.94. The lowest BCUT2D eigenvalue weighted by atomic mass is 10.3. The summed E-state index contributed by atoms with van der Waals surface area (Å²) in [4.78, 5) is 12.7. The molecule has 0 bridgehead atoms. The van der Waals surface area contributed by atoms with Crippen LogP contribution in [-0.4, -0.2) is 9.91 Å². The van der Waals surface area contributed by atoms with E-state index in [4.69, 9.17) is 4.74 Å². The standard InChI is InChI=1S/C11H9FN2O3/c1-7-10(4-5-13-7)17-11-3-2-8(14(15)16)6-9(11)12/h2-6,13H,1H3. The first kappa shape index (κ1) is 11.1. The summed E-state index contributed by atoms with van der Waals surface area (Å²) in [5, 5.41) is 10.4. The molecule has 2 aromatic rings. The van der Waals surface area contributed by atoms with Crippen molar-refractivity contribution in [2.45, 2.75) is 6.92 Å². The van der Waals surface area contributed by atoms with Gasteiger partial charge >= 0.3 is 0 Å². The number of hydrogen-bond donors (Lipinski definition) is 1. The van der Waals surface area contributed by atoms with E-state index in [9.17, 15) is 14.5 Å². The number of nitro groups is 1. The Morgan fingerprint density at radius 1 is 1.35 bits per heavy atom. The molecule has 0 radical (unpaired) electrons. The van der Waals surface area contributed by atoms with Gasteiger partial charge in [-0.05, 0) is 19.1 Å². The van der Waals surface area contributed by atoms with Gasteiger partial charge in [-0.1, -0.05) is 0 Å². The summed E-state index contributed by atoms with van der Waals surface area (Å²) < 4.78 is 18.8. The van der Waals surface area contributed by atoms with E-state index < -0.39 is 10.7 Å². The largest absolute Gasteiger partial charge is 0.452 e. The van der Waals surface area contributed by atoms with E-state index in [1.165, 1.54) is 12.1 Å². The lowest BCUT2D eigenvalue weighted by Crippen LogP contribution is -1.92. The first-order valence-electron chi connectivity index (χ1n) is 4.83. The number of non-ortho nitro benzene ring substituents is 1. The molecule has 0 fully saturated rings. The number of halogens is 1. The Labute approximate surface area is 96.0 Å². The van der Waals surface area contributed by atoms with Crippen molar-refractivity contribution >= 4 is 5.69 Å². The molecular weight excluding hydrogens is 227 g/mol. The maximum Gasteiger partial charge on any atom is 0.272 e. The molecule has 1 N–H and O–H groups in total. The lowest BCUT2D eigenvalue weighted by Gasteiger charge is -2.05. The Kier molecular flexibility index (Phi) is 2.78. The molecule has 6 heteroatoms.